The lowest BCUT2D eigenvalue weighted by atomic mass is 10.0. The summed E-state index contributed by atoms with van der Waals surface area (Å²) in [6.07, 6.45) is 4.20. The van der Waals surface area contributed by atoms with Gasteiger partial charge in [0.15, 0.2) is 0 Å². The second-order valence-corrected chi connectivity index (χ2v) is 15.2. The predicted octanol–water partition coefficient (Wildman–Crippen LogP) is 6.95. The van der Waals surface area contributed by atoms with Gasteiger partial charge in [-0.05, 0) is 95.1 Å². The van der Waals surface area contributed by atoms with E-state index in [1.54, 1.807) is 47.4 Å². The average Bonchev–Trinajstić information content (AvgIpc) is 3.57. The first-order chi connectivity index (χ1) is 21.7. The first kappa shape index (κ1) is 33.2. The fraction of sp³-hybridized carbons (Fsp3) is 0.257. The average molecular weight is 801 g/mol. The minimum Gasteiger partial charge on any atom is -0.352 e. The van der Waals surface area contributed by atoms with Gasteiger partial charge >= 0.3 is 0 Å². The molecule has 1 fully saturated rings. The van der Waals surface area contributed by atoms with Crippen LogP contribution in [-0.2, 0) is 32.6 Å². The van der Waals surface area contributed by atoms with Crippen molar-refractivity contribution in [2.45, 2.75) is 55.6 Å². The fourth-order valence-corrected chi connectivity index (χ4v) is 7.62. The van der Waals surface area contributed by atoms with E-state index in [0.717, 1.165) is 49.2 Å². The van der Waals surface area contributed by atoms with E-state index in [4.69, 9.17) is 0 Å². The minimum atomic E-state index is -4.12. The summed E-state index contributed by atoms with van der Waals surface area (Å²) in [4.78, 5) is 30.2. The number of halogens is 2. The molecule has 0 radical (unpaired) electrons. The molecule has 1 N–H and O–H groups in total. The van der Waals surface area contributed by atoms with Crippen LogP contribution in [0.1, 0.15) is 36.8 Å². The SMILES string of the molecule is O=C(NC1CCCC1)C(Cc1ccccc1)N(Cc1ccc(Br)cc1)C(=O)CN(c1ccc(I)cc1)S(=O)(=O)c1ccccc1. The van der Waals surface area contributed by atoms with Gasteiger partial charge in [0.05, 0.1) is 10.6 Å². The highest BCUT2D eigenvalue weighted by Gasteiger charge is 2.35. The van der Waals surface area contributed by atoms with E-state index >= 15 is 0 Å². The first-order valence-corrected chi connectivity index (χ1v) is 18.2. The van der Waals surface area contributed by atoms with Crippen molar-refractivity contribution in [1.82, 2.24) is 10.2 Å². The van der Waals surface area contributed by atoms with E-state index in [9.17, 15) is 18.0 Å². The number of carbonyl (C=O) groups excluding carboxylic acids is 2. The molecule has 0 saturated heterocycles. The van der Waals surface area contributed by atoms with Gasteiger partial charge in [0.1, 0.15) is 12.6 Å². The molecule has 0 aromatic heterocycles. The Morgan fingerprint density at radius 3 is 2.04 bits per heavy atom. The molecule has 5 rings (SSSR count). The molecule has 1 saturated carbocycles. The van der Waals surface area contributed by atoms with Crippen LogP contribution in [-0.4, -0.2) is 43.8 Å². The van der Waals surface area contributed by atoms with Crippen LogP contribution >= 0.6 is 38.5 Å². The molecule has 0 aliphatic heterocycles. The van der Waals surface area contributed by atoms with Crippen LogP contribution in [0.5, 0.6) is 0 Å². The molecule has 2 amide bonds. The van der Waals surface area contributed by atoms with Gasteiger partial charge in [-0.3, -0.25) is 13.9 Å². The number of benzene rings is 4. The molecule has 1 aliphatic rings. The van der Waals surface area contributed by atoms with E-state index in [2.05, 4.69) is 43.8 Å². The van der Waals surface area contributed by atoms with E-state index in [0.29, 0.717) is 5.69 Å². The first-order valence-electron chi connectivity index (χ1n) is 14.9. The lowest BCUT2D eigenvalue weighted by molar-refractivity contribution is -0.140. The van der Waals surface area contributed by atoms with Crippen LogP contribution in [0.3, 0.4) is 0 Å². The molecule has 0 spiro atoms. The Bertz CT molecular complexity index is 1680. The lowest BCUT2D eigenvalue weighted by Crippen LogP contribution is -2.54. The monoisotopic (exact) mass is 799 g/mol. The smallest absolute Gasteiger partial charge is 0.264 e. The number of rotatable bonds is 12. The van der Waals surface area contributed by atoms with Crippen molar-refractivity contribution in [3.8, 4) is 0 Å². The van der Waals surface area contributed by atoms with E-state index in [1.165, 1.54) is 12.1 Å². The van der Waals surface area contributed by atoms with Crippen molar-refractivity contribution in [3.63, 3.8) is 0 Å². The summed E-state index contributed by atoms with van der Waals surface area (Å²) in [5.41, 5.74) is 2.10. The Hall–Kier alpha value is -3.22. The van der Waals surface area contributed by atoms with Crippen molar-refractivity contribution in [3.05, 3.63) is 128 Å². The molecule has 1 atom stereocenters. The topological polar surface area (TPSA) is 86.8 Å². The van der Waals surface area contributed by atoms with Gasteiger partial charge in [0, 0.05) is 27.1 Å². The van der Waals surface area contributed by atoms with Gasteiger partial charge < -0.3 is 10.2 Å². The third kappa shape index (κ3) is 8.74. The lowest BCUT2D eigenvalue weighted by Gasteiger charge is -2.34. The van der Waals surface area contributed by atoms with E-state index in [-0.39, 0.29) is 29.8 Å². The van der Waals surface area contributed by atoms with Crippen LogP contribution in [0.4, 0.5) is 5.69 Å². The summed E-state index contributed by atoms with van der Waals surface area (Å²) in [7, 11) is -4.12. The van der Waals surface area contributed by atoms with Crippen LogP contribution in [0.15, 0.2) is 119 Å². The number of anilines is 1. The van der Waals surface area contributed by atoms with Crippen molar-refractivity contribution >= 4 is 66.0 Å². The largest absolute Gasteiger partial charge is 0.352 e. The zero-order valence-corrected chi connectivity index (χ0v) is 29.2. The summed E-state index contributed by atoms with van der Waals surface area (Å²) in [6, 6.07) is 31.5. The second kappa shape index (κ2) is 15.4. The molecule has 10 heteroatoms. The predicted molar refractivity (Wildman–Crippen MR) is 189 cm³/mol. The van der Waals surface area contributed by atoms with Gasteiger partial charge in [0.2, 0.25) is 11.8 Å². The quantitative estimate of drug-likeness (QED) is 0.157. The second-order valence-electron chi connectivity index (χ2n) is 11.1. The summed E-state index contributed by atoms with van der Waals surface area (Å²) < 4.78 is 31.1. The molecular weight excluding hydrogens is 765 g/mol. The highest BCUT2D eigenvalue weighted by atomic mass is 127. The minimum absolute atomic E-state index is 0.0576. The van der Waals surface area contributed by atoms with Crippen LogP contribution < -0.4 is 9.62 Å². The van der Waals surface area contributed by atoms with Gasteiger partial charge in [-0.25, -0.2) is 8.42 Å². The summed E-state index contributed by atoms with van der Waals surface area (Å²) in [5.74, 6) is -0.707. The van der Waals surface area contributed by atoms with Crippen molar-refractivity contribution < 1.29 is 18.0 Å². The molecule has 45 heavy (non-hydrogen) atoms. The molecule has 1 unspecified atom stereocenters. The molecule has 4 aromatic carbocycles. The Kier molecular flexibility index (Phi) is 11.3. The normalized spacial score (nSPS) is 14.1. The van der Waals surface area contributed by atoms with E-state index < -0.39 is 28.5 Å². The molecule has 234 valence electrons. The zero-order chi connectivity index (χ0) is 31.8. The Morgan fingerprint density at radius 2 is 1.42 bits per heavy atom. The van der Waals surface area contributed by atoms with Crippen molar-refractivity contribution in [1.29, 1.82) is 0 Å². The molecule has 7 nitrogen and oxygen atoms in total. The Morgan fingerprint density at radius 1 is 0.822 bits per heavy atom. The highest BCUT2D eigenvalue weighted by Crippen LogP contribution is 2.26. The number of amides is 2. The van der Waals surface area contributed by atoms with Crippen molar-refractivity contribution in [2.24, 2.45) is 0 Å². The third-order valence-corrected chi connectivity index (χ3v) is 11.0. The number of hydrogen-bond acceptors (Lipinski definition) is 4. The molecular formula is C35H35BrIN3O4S. The summed E-state index contributed by atoms with van der Waals surface area (Å²) in [6.45, 7) is -0.343. The Balaban J connectivity index is 1.55. The fourth-order valence-electron chi connectivity index (χ4n) is 5.56. The van der Waals surface area contributed by atoms with Crippen LogP contribution in [0, 0.1) is 3.57 Å². The molecule has 1 aliphatic carbocycles. The number of hydrogen-bond donors (Lipinski definition) is 1. The number of nitrogens with zero attached hydrogens (tertiary/aromatic N) is 2. The maximum Gasteiger partial charge on any atom is 0.264 e. The maximum absolute atomic E-state index is 14.5. The third-order valence-electron chi connectivity index (χ3n) is 7.96. The molecule has 4 aromatic rings. The number of sulfonamides is 1. The molecule has 0 heterocycles. The standard InChI is InChI=1S/C35H35BrIN3O4S/c36-28-17-15-27(16-18-28)24-39(33(23-26-9-3-1-4-10-26)35(42)38-30-11-7-8-12-30)34(41)25-40(31-21-19-29(37)20-22-31)45(43,44)32-13-5-2-6-14-32/h1-6,9-10,13-22,30,33H,7-8,11-12,23-25H2,(H,38,42). The zero-order valence-electron chi connectivity index (χ0n) is 24.7. The van der Waals surface area contributed by atoms with E-state index in [1.807, 2.05) is 54.6 Å². The van der Waals surface area contributed by atoms with Crippen LogP contribution in [0.2, 0.25) is 0 Å². The maximum atomic E-state index is 14.5. The van der Waals surface area contributed by atoms with Gasteiger partial charge in [-0.15, -0.1) is 0 Å². The van der Waals surface area contributed by atoms with Crippen LogP contribution in [0.25, 0.3) is 0 Å². The summed E-state index contributed by atoms with van der Waals surface area (Å²) in [5, 5.41) is 3.20. The molecule has 0 bridgehead atoms. The highest BCUT2D eigenvalue weighted by molar-refractivity contribution is 14.1. The summed E-state index contributed by atoms with van der Waals surface area (Å²) >= 11 is 5.63. The van der Waals surface area contributed by atoms with Gasteiger partial charge in [-0.1, -0.05) is 89.4 Å². The number of carbonyl (C=O) groups is 2. The van der Waals surface area contributed by atoms with Gasteiger partial charge in [0.25, 0.3) is 10.0 Å². The van der Waals surface area contributed by atoms with Crippen molar-refractivity contribution in [2.75, 3.05) is 10.8 Å². The van der Waals surface area contributed by atoms with Gasteiger partial charge in [-0.2, -0.15) is 0 Å². The Labute approximate surface area is 287 Å². The number of nitrogens with one attached hydrogen (secondary N) is 1.